The lowest BCUT2D eigenvalue weighted by molar-refractivity contribution is -0.0167. The predicted octanol–water partition coefficient (Wildman–Crippen LogP) is 2.78. The topological polar surface area (TPSA) is 42.0 Å². The first-order chi connectivity index (χ1) is 9.22. The van der Waals surface area contributed by atoms with Crippen molar-refractivity contribution in [2.45, 2.75) is 44.1 Å². The largest absolute Gasteiger partial charge is 0.345 e. The maximum atomic E-state index is 12.4. The predicted molar refractivity (Wildman–Crippen MR) is 72.6 cm³/mol. The van der Waals surface area contributed by atoms with Crippen molar-refractivity contribution in [3.63, 3.8) is 0 Å². The van der Waals surface area contributed by atoms with Crippen LogP contribution in [-0.4, -0.2) is 16.4 Å². The summed E-state index contributed by atoms with van der Waals surface area (Å²) in [6.45, 7) is 0. The molecule has 1 aromatic rings. The number of rotatable bonds is 2. The lowest BCUT2D eigenvalue weighted by Gasteiger charge is -2.56. The molecule has 0 aliphatic heterocycles. The molecule has 19 heavy (non-hydrogen) atoms. The first-order valence-electron chi connectivity index (χ1n) is 7.46. The summed E-state index contributed by atoms with van der Waals surface area (Å²) >= 11 is 0. The van der Waals surface area contributed by atoms with Crippen molar-refractivity contribution in [2.75, 3.05) is 0 Å². The van der Waals surface area contributed by atoms with Gasteiger partial charge in [0.15, 0.2) is 0 Å². The summed E-state index contributed by atoms with van der Waals surface area (Å²) in [5.41, 5.74) is 0.641. The number of aromatic nitrogens is 1. The number of pyridine rings is 1. The van der Waals surface area contributed by atoms with Crippen molar-refractivity contribution in [2.24, 2.45) is 17.8 Å². The second-order valence-electron chi connectivity index (χ2n) is 6.87. The highest BCUT2D eigenvalue weighted by Crippen LogP contribution is 2.55. The van der Waals surface area contributed by atoms with E-state index in [2.05, 4.69) is 10.3 Å². The molecule has 4 bridgehead atoms. The van der Waals surface area contributed by atoms with Crippen molar-refractivity contribution >= 4 is 5.91 Å². The Balaban J connectivity index is 1.55. The maximum Gasteiger partial charge on any atom is 0.270 e. The maximum absolute atomic E-state index is 12.4. The van der Waals surface area contributed by atoms with Gasteiger partial charge in [-0.25, -0.2) is 0 Å². The van der Waals surface area contributed by atoms with Crippen LogP contribution in [0.25, 0.3) is 0 Å². The first kappa shape index (κ1) is 11.4. The van der Waals surface area contributed by atoms with Gasteiger partial charge in [-0.15, -0.1) is 0 Å². The number of hydrogen-bond donors (Lipinski definition) is 1. The fourth-order valence-corrected chi connectivity index (χ4v) is 5.07. The zero-order chi connectivity index (χ0) is 12.9. The summed E-state index contributed by atoms with van der Waals surface area (Å²) in [6, 6.07) is 5.53. The molecule has 3 heteroatoms. The van der Waals surface area contributed by atoms with E-state index < -0.39 is 0 Å². The Hall–Kier alpha value is -1.38. The van der Waals surface area contributed by atoms with E-state index >= 15 is 0 Å². The fourth-order valence-electron chi connectivity index (χ4n) is 5.07. The van der Waals surface area contributed by atoms with Crippen LogP contribution in [0.5, 0.6) is 0 Å². The Bertz CT molecular complexity index is 461. The van der Waals surface area contributed by atoms with E-state index in [0.717, 1.165) is 17.8 Å². The van der Waals surface area contributed by atoms with Crippen LogP contribution >= 0.6 is 0 Å². The van der Waals surface area contributed by atoms with Gasteiger partial charge in [-0.3, -0.25) is 9.78 Å². The van der Waals surface area contributed by atoms with Gasteiger partial charge in [0.25, 0.3) is 5.91 Å². The quantitative estimate of drug-likeness (QED) is 0.884. The van der Waals surface area contributed by atoms with Crippen molar-refractivity contribution in [3.05, 3.63) is 30.1 Å². The van der Waals surface area contributed by atoms with Crippen LogP contribution in [0.2, 0.25) is 0 Å². The van der Waals surface area contributed by atoms with E-state index in [9.17, 15) is 4.79 Å². The van der Waals surface area contributed by atoms with Gasteiger partial charge in [0, 0.05) is 11.7 Å². The second kappa shape index (κ2) is 4.06. The number of carbonyl (C=O) groups excluding carboxylic acids is 1. The molecule has 4 saturated carbocycles. The molecule has 4 aliphatic rings. The summed E-state index contributed by atoms with van der Waals surface area (Å²) in [5, 5.41) is 3.34. The minimum Gasteiger partial charge on any atom is -0.345 e. The van der Waals surface area contributed by atoms with Crippen LogP contribution in [0.1, 0.15) is 49.0 Å². The zero-order valence-corrected chi connectivity index (χ0v) is 11.1. The van der Waals surface area contributed by atoms with E-state index in [1.54, 1.807) is 12.3 Å². The monoisotopic (exact) mass is 256 g/mol. The standard InChI is InChI=1S/C16H20N2O/c19-15(14-3-1-2-4-17-14)18-16-8-11-5-12(9-16)7-13(6-11)10-16/h1-4,11-13H,5-10H2,(H,18,19). The van der Waals surface area contributed by atoms with Gasteiger partial charge in [0.2, 0.25) is 0 Å². The number of hydrogen-bond acceptors (Lipinski definition) is 2. The Kier molecular flexibility index (Phi) is 2.44. The molecule has 4 fully saturated rings. The molecule has 0 saturated heterocycles. The Morgan fingerprint density at radius 1 is 1.11 bits per heavy atom. The average molecular weight is 256 g/mol. The van der Waals surface area contributed by atoms with Crippen LogP contribution in [0.4, 0.5) is 0 Å². The van der Waals surface area contributed by atoms with Crippen LogP contribution in [-0.2, 0) is 0 Å². The van der Waals surface area contributed by atoms with Crippen molar-refractivity contribution in [1.82, 2.24) is 10.3 Å². The molecule has 0 atom stereocenters. The molecule has 4 aliphatic carbocycles. The Morgan fingerprint density at radius 3 is 2.26 bits per heavy atom. The van der Waals surface area contributed by atoms with Gasteiger partial charge in [-0.1, -0.05) is 6.07 Å². The Labute approximate surface area is 113 Å². The third-order valence-electron chi connectivity index (χ3n) is 5.31. The molecule has 1 heterocycles. The molecule has 1 amide bonds. The number of amides is 1. The van der Waals surface area contributed by atoms with E-state index in [0.29, 0.717) is 5.69 Å². The molecule has 0 unspecified atom stereocenters. The van der Waals surface area contributed by atoms with Crippen LogP contribution in [0, 0.1) is 17.8 Å². The van der Waals surface area contributed by atoms with Gasteiger partial charge in [-0.2, -0.15) is 0 Å². The Morgan fingerprint density at radius 2 is 1.74 bits per heavy atom. The highest BCUT2D eigenvalue weighted by molar-refractivity contribution is 5.92. The minimum atomic E-state index is 0.0163. The summed E-state index contributed by atoms with van der Waals surface area (Å²) in [7, 11) is 0. The molecular weight excluding hydrogens is 236 g/mol. The smallest absolute Gasteiger partial charge is 0.270 e. The average Bonchev–Trinajstić information content (AvgIpc) is 2.37. The highest BCUT2D eigenvalue weighted by Gasteiger charge is 2.51. The highest BCUT2D eigenvalue weighted by atomic mass is 16.2. The third kappa shape index (κ3) is 1.96. The number of nitrogens with zero attached hydrogens (tertiary/aromatic N) is 1. The van der Waals surface area contributed by atoms with Gasteiger partial charge in [0.05, 0.1) is 0 Å². The third-order valence-corrected chi connectivity index (χ3v) is 5.31. The molecule has 0 aromatic carbocycles. The first-order valence-corrected chi connectivity index (χ1v) is 7.46. The molecule has 100 valence electrons. The summed E-state index contributed by atoms with van der Waals surface area (Å²) in [6.07, 6.45) is 9.47. The molecule has 1 N–H and O–H groups in total. The van der Waals surface area contributed by atoms with Crippen LogP contribution in [0.15, 0.2) is 24.4 Å². The van der Waals surface area contributed by atoms with Crippen LogP contribution < -0.4 is 5.32 Å². The van der Waals surface area contributed by atoms with E-state index in [-0.39, 0.29) is 11.4 Å². The summed E-state index contributed by atoms with van der Waals surface area (Å²) in [5.74, 6) is 2.59. The SMILES string of the molecule is O=C(NC12CC3CC(CC(C3)C1)C2)c1ccccn1. The molecule has 0 radical (unpaired) electrons. The number of carbonyl (C=O) groups is 1. The molecule has 5 rings (SSSR count). The van der Waals surface area contributed by atoms with Crippen molar-refractivity contribution < 1.29 is 4.79 Å². The van der Waals surface area contributed by atoms with Crippen LogP contribution in [0.3, 0.4) is 0 Å². The zero-order valence-electron chi connectivity index (χ0n) is 11.1. The van der Waals surface area contributed by atoms with Gasteiger partial charge >= 0.3 is 0 Å². The normalized spacial score (nSPS) is 39.3. The summed E-state index contributed by atoms with van der Waals surface area (Å²) < 4.78 is 0. The van der Waals surface area contributed by atoms with E-state index in [4.69, 9.17) is 0 Å². The van der Waals surface area contributed by atoms with Gasteiger partial charge in [0.1, 0.15) is 5.69 Å². The minimum absolute atomic E-state index is 0.0163. The molecule has 3 nitrogen and oxygen atoms in total. The fraction of sp³-hybridized carbons (Fsp3) is 0.625. The number of nitrogens with one attached hydrogen (secondary N) is 1. The molecule has 0 spiro atoms. The summed E-state index contributed by atoms with van der Waals surface area (Å²) in [4.78, 5) is 16.5. The van der Waals surface area contributed by atoms with Gasteiger partial charge < -0.3 is 5.32 Å². The van der Waals surface area contributed by atoms with Crippen molar-refractivity contribution in [1.29, 1.82) is 0 Å². The lowest BCUT2D eigenvalue weighted by atomic mass is 9.53. The van der Waals surface area contributed by atoms with E-state index in [1.165, 1.54) is 38.5 Å². The second-order valence-corrected chi connectivity index (χ2v) is 6.87. The molecular formula is C16H20N2O. The lowest BCUT2D eigenvalue weighted by Crippen LogP contribution is -2.59. The van der Waals surface area contributed by atoms with Gasteiger partial charge in [-0.05, 0) is 68.4 Å². The van der Waals surface area contributed by atoms with Crippen molar-refractivity contribution in [3.8, 4) is 0 Å². The van der Waals surface area contributed by atoms with E-state index in [1.807, 2.05) is 12.1 Å². The molecule has 1 aromatic heterocycles.